The molecule has 0 saturated carbocycles. The van der Waals surface area contributed by atoms with E-state index >= 15 is 0 Å². The van der Waals surface area contributed by atoms with Gasteiger partial charge >= 0.3 is 5.69 Å². The van der Waals surface area contributed by atoms with E-state index in [1.54, 1.807) is 10.8 Å². The molecule has 1 aromatic rings. The van der Waals surface area contributed by atoms with Crippen molar-refractivity contribution in [3.63, 3.8) is 0 Å². The van der Waals surface area contributed by atoms with Crippen molar-refractivity contribution < 1.29 is 0 Å². The van der Waals surface area contributed by atoms with Gasteiger partial charge in [0, 0.05) is 18.9 Å². The van der Waals surface area contributed by atoms with Crippen molar-refractivity contribution in [3.05, 3.63) is 22.9 Å². The van der Waals surface area contributed by atoms with Gasteiger partial charge in [-0.3, -0.25) is 4.57 Å². The van der Waals surface area contributed by atoms with Crippen LogP contribution >= 0.6 is 11.8 Å². The van der Waals surface area contributed by atoms with Crippen molar-refractivity contribution in [2.45, 2.75) is 13.0 Å². The molecule has 0 aliphatic carbocycles. The lowest BCUT2D eigenvalue weighted by atomic mass is 10.1. The lowest BCUT2D eigenvalue weighted by Gasteiger charge is -2.06. The first-order chi connectivity index (χ1) is 5.86. The molecule has 1 aromatic heterocycles. The number of thioether (sulfide) groups is 1. The summed E-state index contributed by atoms with van der Waals surface area (Å²) < 4.78 is 1.76. The van der Waals surface area contributed by atoms with Crippen LogP contribution in [0, 0.1) is 5.92 Å². The Hall–Kier alpha value is -0.640. The minimum absolute atomic E-state index is 0.0203. The Bertz CT molecular complexity index is 298. The van der Waals surface area contributed by atoms with Crippen molar-refractivity contribution in [1.29, 1.82) is 0 Å². The van der Waals surface area contributed by atoms with Crippen molar-refractivity contribution in [2.75, 3.05) is 11.5 Å². The third-order valence-corrected chi connectivity index (χ3v) is 3.43. The van der Waals surface area contributed by atoms with Crippen molar-refractivity contribution >= 4 is 11.8 Å². The van der Waals surface area contributed by atoms with Crippen LogP contribution in [0.3, 0.4) is 0 Å². The fraction of sp³-hybridized carbons (Fsp3) is 0.625. The molecule has 1 fully saturated rings. The summed E-state index contributed by atoms with van der Waals surface area (Å²) in [5, 5.41) is 0. The van der Waals surface area contributed by atoms with Crippen LogP contribution < -0.4 is 5.69 Å². The van der Waals surface area contributed by atoms with Gasteiger partial charge in [0.1, 0.15) is 0 Å². The Morgan fingerprint density at radius 2 is 2.67 bits per heavy atom. The Balaban J connectivity index is 2.03. The Morgan fingerprint density at radius 3 is 3.25 bits per heavy atom. The van der Waals surface area contributed by atoms with Gasteiger partial charge in [-0.2, -0.15) is 11.8 Å². The monoisotopic (exact) mass is 184 g/mol. The van der Waals surface area contributed by atoms with E-state index in [0.717, 1.165) is 6.54 Å². The number of hydrogen-bond acceptors (Lipinski definition) is 2. The third kappa shape index (κ3) is 1.58. The summed E-state index contributed by atoms with van der Waals surface area (Å²) in [6.07, 6.45) is 4.78. The zero-order valence-corrected chi connectivity index (χ0v) is 7.64. The molecule has 0 radical (unpaired) electrons. The summed E-state index contributed by atoms with van der Waals surface area (Å²) in [4.78, 5) is 13.8. The van der Waals surface area contributed by atoms with Gasteiger partial charge in [-0.1, -0.05) is 0 Å². The van der Waals surface area contributed by atoms with Crippen LogP contribution in [0.25, 0.3) is 0 Å². The van der Waals surface area contributed by atoms with E-state index in [1.165, 1.54) is 17.9 Å². The van der Waals surface area contributed by atoms with Gasteiger partial charge in [-0.25, -0.2) is 4.79 Å². The molecule has 1 aliphatic rings. The van der Waals surface area contributed by atoms with E-state index in [9.17, 15) is 4.79 Å². The smallest absolute Gasteiger partial charge is 0.313 e. The van der Waals surface area contributed by atoms with E-state index in [2.05, 4.69) is 4.98 Å². The Kier molecular flexibility index (Phi) is 2.26. The highest BCUT2D eigenvalue weighted by Crippen LogP contribution is 2.24. The number of imidazole rings is 1. The molecule has 0 amide bonds. The number of aromatic nitrogens is 2. The molecule has 2 rings (SSSR count). The summed E-state index contributed by atoms with van der Waals surface area (Å²) in [5.41, 5.74) is 0.0203. The van der Waals surface area contributed by atoms with Gasteiger partial charge in [0.25, 0.3) is 0 Å². The molecule has 1 atom stereocenters. The molecule has 0 aromatic carbocycles. The lowest BCUT2D eigenvalue weighted by molar-refractivity contribution is 0.484. The van der Waals surface area contributed by atoms with Crippen LogP contribution in [0.2, 0.25) is 0 Å². The molecular weight excluding hydrogens is 172 g/mol. The third-order valence-electron chi connectivity index (χ3n) is 2.20. The average Bonchev–Trinajstić information content (AvgIpc) is 2.65. The maximum atomic E-state index is 11.1. The van der Waals surface area contributed by atoms with Crippen LogP contribution in [0.1, 0.15) is 6.42 Å². The molecule has 12 heavy (non-hydrogen) atoms. The Labute approximate surface area is 75.2 Å². The summed E-state index contributed by atoms with van der Waals surface area (Å²) in [7, 11) is 0. The summed E-state index contributed by atoms with van der Waals surface area (Å²) >= 11 is 1.98. The van der Waals surface area contributed by atoms with E-state index < -0.39 is 0 Å². The summed E-state index contributed by atoms with van der Waals surface area (Å²) in [5.74, 6) is 3.16. The van der Waals surface area contributed by atoms with Crippen LogP contribution in [-0.2, 0) is 6.54 Å². The highest BCUT2D eigenvalue weighted by Gasteiger charge is 2.16. The number of nitrogens with one attached hydrogen (secondary N) is 1. The zero-order chi connectivity index (χ0) is 8.39. The number of rotatable bonds is 2. The number of hydrogen-bond donors (Lipinski definition) is 1. The van der Waals surface area contributed by atoms with Gasteiger partial charge in [0.15, 0.2) is 0 Å². The van der Waals surface area contributed by atoms with Crippen LogP contribution in [-0.4, -0.2) is 21.1 Å². The molecule has 66 valence electrons. The van der Waals surface area contributed by atoms with Gasteiger partial charge in [-0.05, 0) is 23.8 Å². The van der Waals surface area contributed by atoms with Gasteiger partial charge in [-0.15, -0.1) is 0 Å². The lowest BCUT2D eigenvalue weighted by Crippen LogP contribution is -2.20. The normalized spacial score (nSPS) is 23.2. The number of nitrogens with zero attached hydrogens (tertiary/aromatic N) is 1. The largest absolute Gasteiger partial charge is 0.325 e. The van der Waals surface area contributed by atoms with E-state index in [-0.39, 0.29) is 5.69 Å². The first-order valence-electron chi connectivity index (χ1n) is 4.18. The second kappa shape index (κ2) is 3.39. The van der Waals surface area contributed by atoms with Crippen molar-refractivity contribution in [1.82, 2.24) is 9.55 Å². The van der Waals surface area contributed by atoms with Crippen LogP contribution in [0.5, 0.6) is 0 Å². The standard InChI is InChI=1S/C8H12N2OS/c11-8-9-2-3-10(8)5-7-1-4-12-6-7/h2-3,7H,1,4-6H2,(H,9,11). The van der Waals surface area contributed by atoms with Crippen LogP contribution in [0.4, 0.5) is 0 Å². The first-order valence-corrected chi connectivity index (χ1v) is 5.33. The predicted octanol–water partition coefficient (Wildman–Crippen LogP) is 0.929. The maximum absolute atomic E-state index is 11.1. The topological polar surface area (TPSA) is 37.8 Å². The van der Waals surface area contributed by atoms with Gasteiger partial charge < -0.3 is 4.98 Å². The molecule has 1 unspecified atom stereocenters. The van der Waals surface area contributed by atoms with Crippen molar-refractivity contribution in [2.24, 2.45) is 5.92 Å². The van der Waals surface area contributed by atoms with Gasteiger partial charge in [0.2, 0.25) is 0 Å². The number of H-pyrrole nitrogens is 1. The second-order valence-electron chi connectivity index (χ2n) is 3.15. The molecule has 1 aliphatic heterocycles. The van der Waals surface area contributed by atoms with E-state index in [1.807, 2.05) is 18.0 Å². The first kappa shape index (κ1) is 7.98. The Morgan fingerprint density at radius 1 is 1.75 bits per heavy atom. The average molecular weight is 184 g/mol. The predicted molar refractivity (Wildman–Crippen MR) is 50.5 cm³/mol. The molecule has 3 nitrogen and oxygen atoms in total. The highest BCUT2D eigenvalue weighted by molar-refractivity contribution is 7.99. The molecule has 4 heteroatoms. The van der Waals surface area contributed by atoms with Crippen molar-refractivity contribution in [3.8, 4) is 0 Å². The molecular formula is C8H12N2OS. The number of aromatic amines is 1. The second-order valence-corrected chi connectivity index (χ2v) is 4.30. The molecule has 0 bridgehead atoms. The molecule has 0 spiro atoms. The molecule has 1 saturated heterocycles. The minimum Gasteiger partial charge on any atom is -0.313 e. The summed E-state index contributed by atoms with van der Waals surface area (Å²) in [6.45, 7) is 0.884. The SMILES string of the molecule is O=c1[nH]ccn1CC1CCSC1. The fourth-order valence-electron chi connectivity index (χ4n) is 1.50. The highest BCUT2D eigenvalue weighted by atomic mass is 32.2. The van der Waals surface area contributed by atoms with Crippen LogP contribution in [0.15, 0.2) is 17.2 Å². The molecule has 1 N–H and O–H groups in total. The molecule has 2 heterocycles. The van der Waals surface area contributed by atoms with E-state index in [0.29, 0.717) is 5.92 Å². The zero-order valence-electron chi connectivity index (χ0n) is 6.82. The quantitative estimate of drug-likeness (QED) is 0.742. The van der Waals surface area contributed by atoms with Gasteiger partial charge in [0.05, 0.1) is 0 Å². The summed E-state index contributed by atoms with van der Waals surface area (Å²) in [6, 6.07) is 0. The van der Waals surface area contributed by atoms with E-state index in [4.69, 9.17) is 0 Å². The fourth-order valence-corrected chi connectivity index (χ4v) is 2.77. The minimum atomic E-state index is 0.0203. The maximum Gasteiger partial charge on any atom is 0.325 e.